The summed E-state index contributed by atoms with van der Waals surface area (Å²) in [5.74, 6) is -6.32. The van der Waals surface area contributed by atoms with E-state index in [0.29, 0.717) is 5.56 Å². The van der Waals surface area contributed by atoms with E-state index in [1.807, 2.05) is 5.10 Å². The number of hydrogen-bond acceptors (Lipinski definition) is 5. The lowest BCUT2D eigenvalue weighted by atomic mass is 9.77. The SMILES string of the molecule is O=C(N[C@@H](c1ccccc1)c1ccc(C2CC(F)(F)C2)c(F)n1)[C@@H]1C[C@@H](F)CN1C(=O)Cc1[nH]nnc1C(F)(F)F. The van der Waals surface area contributed by atoms with Gasteiger partial charge < -0.3 is 10.2 Å². The molecule has 218 valence electrons. The fraction of sp³-hybridized carbons (Fsp3) is 0.423. The van der Waals surface area contributed by atoms with Crippen LogP contribution in [0.3, 0.4) is 0 Å². The van der Waals surface area contributed by atoms with Gasteiger partial charge in [0, 0.05) is 24.8 Å². The summed E-state index contributed by atoms with van der Waals surface area (Å²) < 4.78 is 95.5. The first kappa shape index (κ1) is 28.5. The molecule has 2 aromatic heterocycles. The van der Waals surface area contributed by atoms with Crippen molar-refractivity contribution in [2.45, 2.75) is 62.0 Å². The Morgan fingerprint density at radius 1 is 1.12 bits per heavy atom. The average Bonchev–Trinajstić information content (AvgIpc) is 3.53. The molecule has 8 nitrogen and oxygen atoms in total. The number of carbonyl (C=O) groups excluding carboxylic acids is 2. The van der Waals surface area contributed by atoms with Crippen LogP contribution in [-0.4, -0.2) is 61.8 Å². The minimum Gasteiger partial charge on any atom is -0.342 e. The quantitative estimate of drug-likeness (QED) is 0.319. The van der Waals surface area contributed by atoms with Gasteiger partial charge in [-0.2, -0.15) is 17.6 Å². The van der Waals surface area contributed by atoms with Crippen molar-refractivity contribution < 1.29 is 40.3 Å². The Balaban J connectivity index is 1.37. The molecule has 3 atom stereocenters. The second-order valence-corrected chi connectivity index (χ2v) is 10.1. The Labute approximate surface area is 228 Å². The highest BCUT2D eigenvalue weighted by molar-refractivity contribution is 5.89. The number of nitrogens with one attached hydrogen (secondary N) is 2. The maximum atomic E-state index is 14.9. The van der Waals surface area contributed by atoms with Gasteiger partial charge in [-0.05, 0) is 17.5 Å². The molecule has 0 spiro atoms. The molecule has 3 heterocycles. The summed E-state index contributed by atoms with van der Waals surface area (Å²) in [5.41, 5.74) is -1.51. The van der Waals surface area contributed by atoms with E-state index in [9.17, 15) is 40.3 Å². The number of aromatic nitrogens is 4. The number of H-pyrrole nitrogens is 1. The van der Waals surface area contributed by atoms with Gasteiger partial charge in [0.1, 0.15) is 12.2 Å². The van der Waals surface area contributed by atoms with Crippen LogP contribution >= 0.6 is 0 Å². The molecule has 5 rings (SSSR count). The molecule has 1 saturated carbocycles. The number of pyridine rings is 1. The number of benzene rings is 1. The first-order valence-electron chi connectivity index (χ1n) is 12.6. The van der Waals surface area contributed by atoms with E-state index in [1.54, 1.807) is 30.3 Å². The summed E-state index contributed by atoms with van der Waals surface area (Å²) in [5, 5.41) is 10.7. The second-order valence-electron chi connectivity index (χ2n) is 10.1. The molecule has 3 aromatic rings. The zero-order valence-electron chi connectivity index (χ0n) is 21.1. The van der Waals surface area contributed by atoms with Crippen LogP contribution in [0, 0.1) is 5.95 Å². The number of likely N-dealkylation sites (tertiary alicyclic amines) is 1. The second kappa shape index (κ2) is 10.7. The zero-order valence-corrected chi connectivity index (χ0v) is 21.1. The van der Waals surface area contributed by atoms with Gasteiger partial charge in [0.15, 0.2) is 5.69 Å². The molecular weight excluding hydrogens is 561 g/mol. The fourth-order valence-electron chi connectivity index (χ4n) is 5.18. The van der Waals surface area contributed by atoms with Crippen LogP contribution in [0.2, 0.25) is 0 Å². The Bertz CT molecular complexity index is 1420. The van der Waals surface area contributed by atoms with Crippen molar-refractivity contribution in [3.63, 3.8) is 0 Å². The number of halogens is 7. The third-order valence-electron chi connectivity index (χ3n) is 7.23. The Kier molecular flexibility index (Phi) is 7.46. The topological polar surface area (TPSA) is 104 Å². The van der Waals surface area contributed by atoms with E-state index >= 15 is 0 Å². The molecule has 41 heavy (non-hydrogen) atoms. The standard InChI is InChI=1S/C26H23F7N6O2/c27-15-8-19(39(12-15)20(40)9-18-22(26(31,32)33)37-38-36-18)24(41)35-21(13-4-2-1-3-5-13)17-7-6-16(23(28)34-17)14-10-25(29,30)11-14/h1-7,14-15,19,21H,8-12H2,(H,35,41)(H,36,37,38)/t15-,19+,21+/m1/s1. The van der Waals surface area contributed by atoms with E-state index in [4.69, 9.17) is 0 Å². The maximum Gasteiger partial charge on any atom is 0.437 e. The summed E-state index contributed by atoms with van der Waals surface area (Å²) in [6.07, 6.45) is -8.77. The van der Waals surface area contributed by atoms with Crippen LogP contribution in [0.1, 0.15) is 59.4 Å². The normalized spacial score (nSPS) is 21.4. The lowest BCUT2D eigenvalue weighted by Crippen LogP contribution is -2.47. The molecule has 0 unspecified atom stereocenters. The lowest BCUT2D eigenvalue weighted by Gasteiger charge is -2.35. The molecule has 15 heteroatoms. The number of amides is 2. The zero-order chi connectivity index (χ0) is 29.5. The van der Waals surface area contributed by atoms with Crippen LogP contribution in [0.5, 0.6) is 0 Å². The number of rotatable bonds is 7. The van der Waals surface area contributed by atoms with Gasteiger partial charge in [0.2, 0.25) is 23.7 Å². The molecule has 2 N–H and O–H groups in total. The number of aromatic amines is 1. The molecule has 2 fully saturated rings. The van der Waals surface area contributed by atoms with Crippen molar-refractivity contribution in [3.8, 4) is 0 Å². The van der Waals surface area contributed by atoms with Crippen LogP contribution in [0.4, 0.5) is 30.7 Å². The molecule has 2 aliphatic rings. The lowest BCUT2D eigenvalue weighted by molar-refractivity contribution is -0.143. The van der Waals surface area contributed by atoms with Crippen LogP contribution in [0.15, 0.2) is 42.5 Å². The predicted molar refractivity (Wildman–Crippen MR) is 128 cm³/mol. The smallest absolute Gasteiger partial charge is 0.342 e. The molecule has 1 aromatic carbocycles. The summed E-state index contributed by atoms with van der Waals surface area (Å²) in [6, 6.07) is 8.50. The summed E-state index contributed by atoms with van der Waals surface area (Å²) in [7, 11) is 0. The van der Waals surface area contributed by atoms with Gasteiger partial charge in [-0.3, -0.25) is 14.7 Å². The average molecular weight is 584 g/mol. The van der Waals surface area contributed by atoms with Gasteiger partial charge in [0.05, 0.1) is 30.4 Å². The van der Waals surface area contributed by atoms with Gasteiger partial charge in [-0.25, -0.2) is 18.2 Å². The molecule has 0 bridgehead atoms. The summed E-state index contributed by atoms with van der Waals surface area (Å²) in [4.78, 5) is 31.1. The summed E-state index contributed by atoms with van der Waals surface area (Å²) >= 11 is 0. The van der Waals surface area contributed by atoms with E-state index in [0.717, 1.165) is 4.90 Å². The Morgan fingerprint density at radius 2 is 1.83 bits per heavy atom. The first-order chi connectivity index (χ1) is 19.3. The van der Waals surface area contributed by atoms with Crippen LogP contribution in [0.25, 0.3) is 0 Å². The van der Waals surface area contributed by atoms with E-state index in [-0.39, 0.29) is 11.3 Å². The highest BCUT2D eigenvalue weighted by Gasteiger charge is 2.47. The Morgan fingerprint density at radius 3 is 2.46 bits per heavy atom. The van der Waals surface area contributed by atoms with Gasteiger partial charge in [-0.15, -0.1) is 5.10 Å². The van der Waals surface area contributed by atoms with Crippen molar-refractivity contribution in [3.05, 3.63) is 76.6 Å². The molecule has 2 amide bonds. The maximum absolute atomic E-state index is 14.9. The fourth-order valence-corrected chi connectivity index (χ4v) is 5.18. The highest BCUT2D eigenvalue weighted by atomic mass is 19.4. The molecule has 1 saturated heterocycles. The number of nitrogens with zero attached hydrogens (tertiary/aromatic N) is 4. The number of hydrogen-bond donors (Lipinski definition) is 2. The van der Waals surface area contributed by atoms with E-state index in [2.05, 4.69) is 20.6 Å². The van der Waals surface area contributed by atoms with Gasteiger partial charge in [-0.1, -0.05) is 41.6 Å². The third kappa shape index (κ3) is 6.03. The Hall–Kier alpha value is -4.04. The van der Waals surface area contributed by atoms with Crippen LogP contribution < -0.4 is 5.32 Å². The predicted octanol–water partition coefficient (Wildman–Crippen LogP) is 4.26. The monoisotopic (exact) mass is 584 g/mol. The minimum atomic E-state index is -4.88. The van der Waals surface area contributed by atoms with E-state index in [1.165, 1.54) is 12.1 Å². The van der Waals surface area contributed by atoms with Crippen molar-refractivity contribution in [2.24, 2.45) is 0 Å². The third-order valence-corrected chi connectivity index (χ3v) is 7.23. The number of carbonyl (C=O) groups is 2. The van der Waals surface area contributed by atoms with Crippen molar-refractivity contribution in [1.82, 2.24) is 30.6 Å². The molecule has 0 radical (unpaired) electrons. The van der Waals surface area contributed by atoms with Gasteiger partial charge >= 0.3 is 6.18 Å². The van der Waals surface area contributed by atoms with Crippen molar-refractivity contribution >= 4 is 11.8 Å². The molecule has 1 aliphatic heterocycles. The summed E-state index contributed by atoms with van der Waals surface area (Å²) in [6.45, 7) is -0.524. The molecular formula is C26H23F7N6O2. The van der Waals surface area contributed by atoms with E-state index < -0.39 is 97.7 Å². The number of alkyl halides is 6. The first-order valence-corrected chi connectivity index (χ1v) is 12.6. The minimum absolute atomic E-state index is 0.0252. The van der Waals surface area contributed by atoms with Crippen molar-refractivity contribution in [1.29, 1.82) is 0 Å². The van der Waals surface area contributed by atoms with Crippen molar-refractivity contribution in [2.75, 3.05) is 6.54 Å². The van der Waals surface area contributed by atoms with Crippen LogP contribution in [-0.2, 0) is 22.2 Å². The molecule has 1 aliphatic carbocycles. The largest absolute Gasteiger partial charge is 0.437 e. The van der Waals surface area contributed by atoms with Gasteiger partial charge in [0.25, 0.3) is 0 Å². The highest BCUT2D eigenvalue weighted by Crippen LogP contribution is 2.48.